The van der Waals surface area contributed by atoms with Crippen LogP contribution in [0.1, 0.15) is 33.6 Å². The zero-order valence-corrected chi connectivity index (χ0v) is 10.9. The Kier molecular flexibility index (Phi) is 3.61. The predicted octanol–water partition coefficient (Wildman–Crippen LogP) is 1.11. The predicted molar refractivity (Wildman–Crippen MR) is 62.9 cm³/mol. The Morgan fingerprint density at radius 1 is 1.25 bits per heavy atom. The van der Waals surface area contributed by atoms with Crippen molar-refractivity contribution in [2.24, 2.45) is 5.41 Å². The van der Waals surface area contributed by atoms with Gasteiger partial charge in [0.15, 0.2) is 0 Å². The molecule has 0 aromatic carbocycles. The fourth-order valence-electron chi connectivity index (χ4n) is 2.00. The minimum Gasteiger partial charge on any atom is -0.347 e. The van der Waals surface area contributed by atoms with Gasteiger partial charge in [-0.1, -0.05) is 20.8 Å². The Labute approximate surface area is 97.6 Å². The number of carbonyl (C=O) groups is 2. The first kappa shape index (κ1) is 13.0. The molecule has 4 heteroatoms. The minimum absolute atomic E-state index is 0.0371. The number of rotatable bonds is 1. The van der Waals surface area contributed by atoms with Gasteiger partial charge < -0.3 is 9.80 Å². The molecule has 0 aromatic heterocycles. The molecule has 92 valence electrons. The van der Waals surface area contributed by atoms with Gasteiger partial charge in [-0.2, -0.15) is 0 Å². The van der Waals surface area contributed by atoms with E-state index in [2.05, 4.69) is 0 Å². The maximum absolute atomic E-state index is 12.2. The van der Waals surface area contributed by atoms with Gasteiger partial charge in [0.25, 0.3) is 0 Å². The quantitative estimate of drug-likeness (QED) is 0.672. The lowest BCUT2D eigenvalue weighted by Gasteiger charge is -2.31. The second-order valence-electron chi connectivity index (χ2n) is 5.64. The highest BCUT2D eigenvalue weighted by Crippen LogP contribution is 2.26. The number of amides is 2. The molecule has 1 rings (SSSR count). The Bertz CT molecular complexity index is 292. The first-order valence-corrected chi connectivity index (χ1v) is 5.77. The van der Waals surface area contributed by atoms with Crippen molar-refractivity contribution in [3.8, 4) is 0 Å². The van der Waals surface area contributed by atoms with Crippen LogP contribution in [0.25, 0.3) is 0 Å². The molecule has 1 atom stereocenters. The average molecular weight is 226 g/mol. The number of carbonyl (C=O) groups excluding carboxylic acids is 2. The summed E-state index contributed by atoms with van der Waals surface area (Å²) >= 11 is 0. The van der Waals surface area contributed by atoms with Crippen molar-refractivity contribution in [3.63, 3.8) is 0 Å². The summed E-state index contributed by atoms with van der Waals surface area (Å²) in [5, 5.41) is 0. The van der Waals surface area contributed by atoms with Gasteiger partial charge in [-0.15, -0.1) is 0 Å². The van der Waals surface area contributed by atoms with Crippen molar-refractivity contribution < 1.29 is 9.59 Å². The molecule has 0 N–H and O–H groups in total. The second kappa shape index (κ2) is 4.44. The van der Waals surface area contributed by atoms with Crippen LogP contribution in [0.2, 0.25) is 0 Å². The van der Waals surface area contributed by atoms with E-state index in [-0.39, 0.29) is 17.9 Å². The van der Waals surface area contributed by atoms with Crippen molar-refractivity contribution in [2.45, 2.75) is 39.7 Å². The number of nitrogens with zero attached hydrogens (tertiary/aromatic N) is 2. The summed E-state index contributed by atoms with van der Waals surface area (Å²) in [7, 11) is 3.47. The van der Waals surface area contributed by atoms with Crippen LogP contribution in [-0.4, -0.2) is 48.3 Å². The van der Waals surface area contributed by atoms with Crippen LogP contribution >= 0.6 is 0 Å². The molecule has 0 bridgehead atoms. The summed E-state index contributed by atoms with van der Waals surface area (Å²) < 4.78 is 0. The second-order valence-corrected chi connectivity index (χ2v) is 5.64. The highest BCUT2D eigenvalue weighted by atomic mass is 16.2. The Morgan fingerprint density at radius 2 is 1.81 bits per heavy atom. The van der Waals surface area contributed by atoms with Crippen molar-refractivity contribution in [2.75, 3.05) is 20.6 Å². The van der Waals surface area contributed by atoms with Gasteiger partial charge >= 0.3 is 0 Å². The molecule has 1 aliphatic rings. The zero-order valence-electron chi connectivity index (χ0n) is 10.9. The molecule has 0 aliphatic carbocycles. The molecule has 0 saturated carbocycles. The largest absolute Gasteiger partial charge is 0.347 e. The molecular weight excluding hydrogens is 204 g/mol. The number of likely N-dealkylation sites (N-methyl/N-ethyl adjacent to an activating group) is 1. The van der Waals surface area contributed by atoms with Crippen LogP contribution in [0.15, 0.2) is 0 Å². The molecule has 0 spiro atoms. The first-order valence-electron chi connectivity index (χ1n) is 5.77. The lowest BCUT2D eigenvalue weighted by Crippen LogP contribution is -2.48. The number of hydrogen-bond acceptors (Lipinski definition) is 2. The van der Waals surface area contributed by atoms with E-state index in [1.54, 1.807) is 23.9 Å². The zero-order chi connectivity index (χ0) is 12.5. The third kappa shape index (κ3) is 2.54. The fraction of sp³-hybridized carbons (Fsp3) is 0.833. The summed E-state index contributed by atoms with van der Waals surface area (Å²) in [6.07, 6.45) is 1.71. The van der Waals surface area contributed by atoms with Crippen LogP contribution in [0.3, 0.4) is 0 Å². The number of hydrogen-bond donors (Lipinski definition) is 0. The molecular formula is C12H22N2O2. The van der Waals surface area contributed by atoms with Crippen molar-refractivity contribution in [1.29, 1.82) is 0 Å². The maximum Gasteiger partial charge on any atom is 0.244 e. The average Bonchev–Trinajstić information content (AvgIpc) is 2.61. The van der Waals surface area contributed by atoms with Crippen molar-refractivity contribution in [3.05, 3.63) is 0 Å². The van der Waals surface area contributed by atoms with E-state index >= 15 is 0 Å². The molecule has 1 aliphatic heterocycles. The van der Waals surface area contributed by atoms with Crippen molar-refractivity contribution in [1.82, 2.24) is 9.80 Å². The van der Waals surface area contributed by atoms with Gasteiger partial charge in [0.05, 0.1) is 0 Å². The summed E-state index contributed by atoms with van der Waals surface area (Å²) in [6, 6.07) is -0.248. The Morgan fingerprint density at radius 3 is 2.25 bits per heavy atom. The standard InChI is InChI=1S/C12H22N2O2/c1-12(2,3)11(16)14-8-6-7-9(14)10(15)13(4)5/h9H,6-8H2,1-5H3. The molecule has 1 unspecified atom stereocenters. The van der Waals surface area contributed by atoms with Crippen LogP contribution in [0.4, 0.5) is 0 Å². The molecule has 0 aromatic rings. The molecule has 1 heterocycles. The van der Waals surface area contributed by atoms with Crippen LogP contribution in [0, 0.1) is 5.41 Å². The Hall–Kier alpha value is -1.06. The van der Waals surface area contributed by atoms with E-state index in [9.17, 15) is 9.59 Å². The van der Waals surface area contributed by atoms with Gasteiger partial charge in [0.2, 0.25) is 11.8 Å². The third-order valence-electron chi connectivity index (χ3n) is 2.88. The van der Waals surface area contributed by atoms with E-state index in [1.165, 1.54) is 0 Å². The number of likely N-dealkylation sites (tertiary alicyclic amines) is 1. The van der Waals surface area contributed by atoms with Crippen LogP contribution in [-0.2, 0) is 9.59 Å². The fourth-order valence-corrected chi connectivity index (χ4v) is 2.00. The lowest BCUT2D eigenvalue weighted by molar-refractivity contribution is -0.147. The smallest absolute Gasteiger partial charge is 0.244 e. The summed E-state index contributed by atoms with van der Waals surface area (Å²) in [5.41, 5.74) is -0.408. The van der Waals surface area contributed by atoms with Gasteiger partial charge in [-0.05, 0) is 12.8 Å². The highest BCUT2D eigenvalue weighted by Gasteiger charge is 2.38. The summed E-state index contributed by atoms with van der Waals surface area (Å²) in [6.45, 7) is 6.39. The Balaban J connectivity index is 2.81. The van der Waals surface area contributed by atoms with Gasteiger partial charge in [0.1, 0.15) is 6.04 Å². The normalized spacial score (nSPS) is 21.1. The monoisotopic (exact) mass is 226 g/mol. The molecule has 1 fully saturated rings. The molecule has 16 heavy (non-hydrogen) atoms. The van der Waals surface area contributed by atoms with Crippen molar-refractivity contribution >= 4 is 11.8 Å². The SMILES string of the molecule is CN(C)C(=O)C1CCCN1C(=O)C(C)(C)C. The molecule has 0 radical (unpaired) electrons. The molecule has 4 nitrogen and oxygen atoms in total. The van der Waals surface area contributed by atoms with E-state index in [1.807, 2.05) is 20.8 Å². The van der Waals surface area contributed by atoms with E-state index in [0.717, 1.165) is 12.8 Å². The van der Waals surface area contributed by atoms with Crippen LogP contribution in [0.5, 0.6) is 0 Å². The molecule has 2 amide bonds. The maximum atomic E-state index is 12.2. The van der Waals surface area contributed by atoms with E-state index < -0.39 is 5.41 Å². The first-order chi connectivity index (χ1) is 7.25. The van der Waals surface area contributed by atoms with Crippen LogP contribution < -0.4 is 0 Å². The topological polar surface area (TPSA) is 40.6 Å². The van der Waals surface area contributed by atoms with E-state index in [4.69, 9.17) is 0 Å². The summed E-state index contributed by atoms with van der Waals surface area (Å²) in [5.74, 6) is 0.111. The molecule has 1 saturated heterocycles. The highest BCUT2D eigenvalue weighted by molar-refractivity contribution is 5.90. The third-order valence-corrected chi connectivity index (χ3v) is 2.88. The minimum atomic E-state index is -0.408. The van der Waals surface area contributed by atoms with Gasteiger partial charge in [0, 0.05) is 26.1 Å². The van der Waals surface area contributed by atoms with E-state index in [0.29, 0.717) is 6.54 Å². The van der Waals surface area contributed by atoms with Gasteiger partial charge in [-0.25, -0.2) is 0 Å². The van der Waals surface area contributed by atoms with Gasteiger partial charge in [-0.3, -0.25) is 9.59 Å². The lowest BCUT2D eigenvalue weighted by atomic mass is 9.94. The summed E-state index contributed by atoms with van der Waals surface area (Å²) in [4.78, 5) is 27.4.